The highest BCUT2D eigenvalue weighted by molar-refractivity contribution is 5.82. The number of carbonyl (C=O) groups is 1. The van der Waals surface area contributed by atoms with Gasteiger partial charge < -0.3 is 4.74 Å². The molecule has 0 N–H and O–H groups in total. The lowest BCUT2D eigenvalue weighted by molar-refractivity contribution is -0.137. The highest BCUT2D eigenvalue weighted by Crippen LogP contribution is 1.99. The lowest BCUT2D eigenvalue weighted by Gasteiger charge is -1.98. The molecule has 0 aromatic heterocycles. The average molecular weight is 224 g/mol. The second-order valence-corrected chi connectivity index (χ2v) is 3.80. The molecular weight excluding hydrogens is 200 g/mol. The van der Waals surface area contributed by atoms with Crippen LogP contribution in [0.3, 0.4) is 0 Å². The zero-order valence-corrected chi connectivity index (χ0v) is 10.6. The van der Waals surface area contributed by atoms with E-state index in [1.165, 1.54) is 25.3 Å². The molecule has 0 spiro atoms. The van der Waals surface area contributed by atoms with Crippen molar-refractivity contribution in [3.05, 3.63) is 24.3 Å². The predicted molar refractivity (Wildman–Crippen MR) is 68.3 cm³/mol. The van der Waals surface area contributed by atoms with E-state index in [1.807, 2.05) is 6.08 Å². The number of rotatable bonds is 9. The van der Waals surface area contributed by atoms with Crippen molar-refractivity contribution in [2.24, 2.45) is 0 Å². The van der Waals surface area contributed by atoms with Gasteiger partial charge in [-0.3, -0.25) is 0 Å². The lowest BCUT2D eigenvalue weighted by atomic mass is 10.2. The first kappa shape index (κ1) is 14.9. The molecule has 16 heavy (non-hydrogen) atoms. The summed E-state index contributed by atoms with van der Waals surface area (Å²) >= 11 is 0. The fourth-order valence-corrected chi connectivity index (χ4v) is 1.19. The SMILES string of the molecule is CCCCCC=CC=CC(=O)OCCCC. The van der Waals surface area contributed by atoms with Crippen molar-refractivity contribution in [2.75, 3.05) is 6.61 Å². The Hall–Kier alpha value is -1.05. The molecule has 0 heterocycles. The summed E-state index contributed by atoms with van der Waals surface area (Å²) in [6.45, 7) is 4.79. The van der Waals surface area contributed by atoms with E-state index in [2.05, 4.69) is 19.9 Å². The van der Waals surface area contributed by atoms with Gasteiger partial charge in [0.25, 0.3) is 0 Å². The zero-order chi connectivity index (χ0) is 12.1. The van der Waals surface area contributed by atoms with Crippen LogP contribution in [0, 0.1) is 0 Å². The topological polar surface area (TPSA) is 26.3 Å². The number of allylic oxidation sites excluding steroid dienone is 3. The molecule has 0 aliphatic heterocycles. The summed E-state index contributed by atoms with van der Waals surface area (Å²) in [7, 11) is 0. The Balaban J connectivity index is 3.46. The van der Waals surface area contributed by atoms with E-state index in [4.69, 9.17) is 4.74 Å². The first-order valence-electron chi connectivity index (χ1n) is 6.31. The molecule has 0 radical (unpaired) electrons. The van der Waals surface area contributed by atoms with Crippen LogP contribution in [0.2, 0.25) is 0 Å². The van der Waals surface area contributed by atoms with Crippen LogP contribution in [-0.4, -0.2) is 12.6 Å². The first-order chi connectivity index (χ1) is 7.81. The van der Waals surface area contributed by atoms with Crippen molar-refractivity contribution in [2.45, 2.75) is 52.4 Å². The highest BCUT2D eigenvalue weighted by Gasteiger charge is 1.93. The van der Waals surface area contributed by atoms with Gasteiger partial charge in [0, 0.05) is 6.08 Å². The summed E-state index contributed by atoms with van der Waals surface area (Å²) in [6.07, 6.45) is 14.0. The summed E-state index contributed by atoms with van der Waals surface area (Å²) in [4.78, 5) is 11.1. The van der Waals surface area contributed by atoms with E-state index >= 15 is 0 Å². The maximum absolute atomic E-state index is 11.1. The van der Waals surface area contributed by atoms with E-state index < -0.39 is 0 Å². The van der Waals surface area contributed by atoms with Crippen LogP contribution in [0.4, 0.5) is 0 Å². The van der Waals surface area contributed by atoms with Crippen LogP contribution >= 0.6 is 0 Å². The van der Waals surface area contributed by atoms with Gasteiger partial charge in [-0.2, -0.15) is 0 Å². The Labute approximate surface area is 99.4 Å². The van der Waals surface area contributed by atoms with E-state index in [0.717, 1.165) is 19.3 Å². The fraction of sp³-hybridized carbons (Fsp3) is 0.643. The van der Waals surface area contributed by atoms with E-state index in [1.54, 1.807) is 6.08 Å². The zero-order valence-electron chi connectivity index (χ0n) is 10.6. The summed E-state index contributed by atoms with van der Waals surface area (Å²) in [6, 6.07) is 0. The number of unbranched alkanes of at least 4 members (excludes halogenated alkanes) is 4. The number of carbonyl (C=O) groups excluding carboxylic acids is 1. The van der Waals surface area contributed by atoms with Crippen LogP contribution in [0.25, 0.3) is 0 Å². The van der Waals surface area contributed by atoms with Gasteiger partial charge in [0.1, 0.15) is 0 Å². The second-order valence-electron chi connectivity index (χ2n) is 3.80. The molecule has 0 saturated carbocycles. The quantitative estimate of drug-likeness (QED) is 0.256. The average Bonchev–Trinajstić information content (AvgIpc) is 2.28. The minimum atomic E-state index is -0.244. The normalized spacial score (nSPS) is 11.4. The Morgan fingerprint density at radius 1 is 1.06 bits per heavy atom. The van der Waals surface area contributed by atoms with Gasteiger partial charge in [-0.25, -0.2) is 4.79 Å². The molecule has 92 valence electrons. The largest absolute Gasteiger partial charge is 0.463 e. The number of hydrogen-bond acceptors (Lipinski definition) is 2. The number of hydrogen-bond donors (Lipinski definition) is 0. The Morgan fingerprint density at radius 3 is 2.50 bits per heavy atom. The van der Waals surface area contributed by atoms with E-state index in [0.29, 0.717) is 6.61 Å². The number of ether oxygens (including phenoxy) is 1. The smallest absolute Gasteiger partial charge is 0.330 e. The van der Waals surface area contributed by atoms with Crippen molar-refractivity contribution in [1.29, 1.82) is 0 Å². The highest BCUT2D eigenvalue weighted by atomic mass is 16.5. The summed E-state index contributed by atoms with van der Waals surface area (Å²) < 4.78 is 4.97. The molecule has 0 rings (SSSR count). The molecule has 0 aliphatic carbocycles. The fourth-order valence-electron chi connectivity index (χ4n) is 1.19. The molecule has 2 nitrogen and oxygen atoms in total. The van der Waals surface area contributed by atoms with Crippen molar-refractivity contribution in [3.8, 4) is 0 Å². The third-order valence-electron chi connectivity index (χ3n) is 2.20. The maximum atomic E-state index is 11.1. The molecule has 0 saturated heterocycles. The monoisotopic (exact) mass is 224 g/mol. The van der Waals surface area contributed by atoms with Crippen LogP contribution in [-0.2, 0) is 9.53 Å². The minimum Gasteiger partial charge on any atom is -0.463 e. The molecule has 0 amide bonds. The Bertz CT molecular complexity index is 217. The van der Waals surface area contributed by atoms with E-state index in [9.17, 15) is 4.79 Å². The molecule has 0 aliphatic rings. The second kappa shape index (κ2) is 12.0. The maximum Gasteiger partial charge on any atom is 0.330 e. The molecule has 0 aromatic carbocycles. The lowest BCUT2D eigenvalue weighted by Crippen LogP contribution is -2.01. The Morgan fingerprint density at radius 2 is 1.81 bits per heavy atom. The molecule has 2 heteroatoms. The molecular formula is C14H24O2. The molecule has 0 bridgehead atoms. The van der Waals surface area contributed by atoms with Gasteiger partial charge in [-0.05, 0) is 19.3 Å². The summed E-state index contributed by atoms with van der Waals surface area (Å²) in [5.74, 6) is -0.244. The van der Waals surface area contributed by atoms with Crippen LogP contribution < -0.4 is 0 Å². The summed E-state index contributed by atoms with van der Waals surface area (Å²) in [5.41, 5.74) is 0. The van der Waals surface area contributed by atoms with Gasteiger partial charge >= 0.3 is 5.97 Å². The van der Waals surface area contributed by atoms with Crippen molar-refractivity contribution < 1.29 is 9.53 Å². The van der Waals surface area contributed by atoms with Crippen LogP contribution in [0.5, 0.6) is 0 Å². The van der Waals surface area contributed by atoms with Gasteiger partial charge in [-0.1, -0.05) is 51.3 Å². The molecule has 0 fully saturated rings. The van der Waals surface area contributed by atoms with Gasteiger partial charge in [0.05, 0.1) is 6.61 Å². The molecule has 0 atom stereocenters. The van der Waals surface area contributed by atoms with Gasteiger partial charge in [0.15, 0.2) is 0 Å². The van der Waals surface area contributed by atoms with Gasteiger partial charge in [-0.15, -0.1) is 0 Å². The predicted octanol–water partition coefficient (Wildman–Crippen LogP) is 4.02. The third kappa shape index (κ3) is 11.0. The first-order valence-corrected chi connectivity index (χ1v) is 6.31. The summed E-state index contributed by atoms with van der Waals surface area (Å²) in [5, 5.41) is 0. The van der Waals surface area contributed by atoms with Crippen molar-refractivity contribution >= 4 is 5.97 Å². The minimum absolute atomic E-state index is 0.244. The Kier molecular flexibility index (Phi) is 11.2. The van der Waals surface area contributed by atoms with Crippen LogP contribution in [0.15, 0.2) is 24.3 Å². The number of esters is 1. The molecule has 0 aromatic rings. The van der Waals surface area contributed by atoms with Crippen molar-refractivity contribution in [3.63, 3.8) is 0 Å². The van der Waals surface area contributed by atoms with E-state index in [-0.39, 0.29) is 5.97 Å². The third-order valence-corrected chi connectivity index (χ3v) is 2.20. The molecule has 0 unspecified atom stereocenters. The van der Waals surface area contributed by atoms with Crippen molar-refractivity contribution in [1.82, 2.24) is 0 Å². The van der Waals surface area contributed by atoms with Crippen LogP contribution in [0.1, 0.15) is 52.4 Å². The van der Waals surface area contributed by atoms with Gasteiger partial charge in [0.2, 0.25) is 0 Å². The standard InChI is InChI=1S/C14H24O2/c1-3-5-7-8-9-10-11-12-14(15)16-13-6-4-2/h9-12H,3-8,13H2,1-2H3.